The summed E-state index contributed by atoms with van der Waals surface area (Å²) in [6, 6.07) is 30.9. The van der Waals surface area contributed by atoms with Gasteiger partial charge in [-0.15, -0.1) is 6.58 Å². The summed E-state index contributed by atoms with van der Waals surface area (Å²) in [5, 5.41) is 0. The Bertz CT molecular complexity index is 2430. The molecule has 6 rings (SSSR count). The molecule has 0 saturated carbocycles. The number of aryl methyl sites for hydroxylation is 2. The van der Waals surface area contributed by atoms with Crippen molar-refractivity contribution in [2.24, 2.45) is 5.92 Å². The maximum Gasteiger partial charge on any atom is 0.201 e. The van der Waals surface area contributed by atoms with E-state index in [4.69, 9.17) is 9.47 Å². The molecule has 0 aliphatic carbocycles. The van der Waals surface area contributed by atoms with Crippen molar-refractivity contribution < 1.29 is 35.8 Å². The first-order valence-electron chi connectivity index (χ1n) is 27.2. The molecule has 0 heterocycles. The molecule has 2 nitrogen and oxygen atoms in total. The van der Waals surface area contributed by atoms with Crippen LogP contribution >= 0.6 is 0 Å². The lowest BCUT2D eigenvalue weighted by atomic mass is 9.94. The second-order valence-electron chi connectivity index (χ2n) is 19.7. The van der Waals surface area contributed by atoms with Crippen LogP contribution in [-0.2, 0) is 12.8 Å². The molecule has 8 heteroatoms. The first-order valence-corrected chi connectivity index (χ1v) is 27.2. The predicted molar refractivity (Wildman–Crippen MR) is 290 cm³/mol. The molecule has 0 fully saturated rings. The van der Waals surface area contributed by atoms with E-state index >= 15 is 26.3 Å². The summed E-state index contributed by atoms with van der Waals surface area (Å²) >= 11 is 0. The third kappa shape index (κ3) is 17.2. The van der Waals surface area contributed by atoms with Crippen molar-refractivity contribution >= 4 is 0 Å². The van der Waals surface area contributed by atoms with E-state index in [0.717, 1.165) is 140 Å². The highest BCUT2D eigenvalue weighted by molar-refractivity contribution is 5.73. The molecule has 0 saturated heterocycles. The summed E-state index contributed by atoms with van der Waals surface area (Å²) in [7, 11) is 0. The van der Waals surface area contributed by atoms with Gasteiger partial charge in [-0.1, -0.05) is 183 Å². The van der Waals surface area contributed by atoms with Crippen molar-refractivity contribution in [2.75, 3.05) is 13.2 Å². The second-order valence-corrected chi connectivity index (χ2v) is 19.7. The molecule has 0 aliphatic heterocycles. The number of rotatable bonds is 33. The van der Waals surface area contributed by atoms with E-state index in [2.05, 4.69) is 50.8 Å². The molecule has 0 atom stereocenters. The molecule has 0 bridgehead atoms. The molecule has 0 N–H and O–H groups in total. The molecule has 6 aromatic rings. The minimum Gasteiger partial charge on any atom is -0.490 e. The molecule has 0 spiro atoms. The number of unbranched alkanes of at least 4 members (excludes halogenated alkanes) is 14. The van der Waals surface area contributed by atoms with Gasteiger partial charge in [0.25, 0.3) is 0 Å². The van der Waals surface area contributed by atoms with Crippen molar-refractivity contribution in [3.63, 3.8) is 0 Å². The summed E-state index contributed by atoms with van der Waals surface area (Å²) in [6.45, 7) is 8.96. The van der Waals surface area contributed by atoms with E-state index in [-0.39, 0.29) is 47.0 Å². The first-order chi connectivity index (χ1) is 35.6. The maximum absolute atomic E-state index is 15.3. The number of allylic oxidation sites excluding steroid dienone is 1. The smallest absolute Gasteiger partial charge is 0.201 e. The third-order valence-corrected chi connectivity index (χ3v) is 14.1. The van der Waals surface area contributed by atoms with Gasteiger partial charge in [-0.25, -0.2) is 17.6 Å². The Kier molecular flexibility index (Phi) is 23.6. The minimum absolute atomic E-state index is 0.00366. The van der Waals surface area contributed by atoms with Crippen LogP contribution in [0.2, 0.25) is 0 Å². The quantitative estimate of drug-likeness (QED) is 0.0232. The Labute approximate surface area is 432 Å². The molecular formula is C65H76F6O2. The number of benzene rings is 6. The van der Waals surface area contributed by atoms with Gasteiger partial charge >= 0.3 is 0 Å². The summed E-state index contributed by atoms with van der Waals surface area (Å²) in [5.74, 6) is -5.53. The summed E-state index contributed by atoms with van der Waals surface area (Å²) in [4.78, 5) is 0. The predicted octanol–water partition coefficient (Wildman–Crippen LogP) is 20.4. The molecule has 0 aliphatic rings. The van der Waals surface area contributed by atoms with E-state index in [0.29, 0.717) is 17.0 Å². The van der Waals surface area contributed by atoms with E-state index in [1.807, 2.05) is 24.3 Å². The van der Waals surface area contributed by atoms with E-state index in [1.165, 1.54) is 72.5 Å². The molecule has 0 aromatic heterocycles. The van der Waals surface area contributed by atoms with Gasteiger partial charge in [-0.05, 0) is 127 Å². The first kappa shape index (κ1) is 56.5. The highest BCUT2D eigenvalue weighted by atomic mass is 19.2. The molecule has 390 valence electrons. The minimum atomic E-state index is -1.12. The monoisotopic (exact) mass is 1000 g/mol. The normalized spacial score (nSPS) is 11.4. The van der Waals surface area contributed by atoms with Gasteiger partial charge in [0, 0.05) is 22.3 Å². The lowest BCUT2D eigenvalue weighted by Crippen LogP contribution is -2.02. The van der Waals surface area contributed by atoms with Crippen molar-refractivity contribution in [3.8, 4) is 56.0 Å². The molecule has 0 amide bonds. The van der Waals surface area contributed by atoms with Gasteiger partial charge in [0.05, 0.1) is 13.2 Å². The Balaban J connectivity index is 0.788. The zero-order valence-corrected chi connectivity index (χ0v) is 43.3. The van der Waals surface area contributed by atoms with Crippen LogP contribution in [0.1, 0.15) is 153 Å². The zero-order chi connectivity index (χ0) is 51.8. The van der Waals surface area contributed by atoms with Crippen molar-refractivity contribution in [1.29, 1.82) is 0 Å². The van der Waals surface area contributed by atoms with Crippen LogP contribution in [0.15, 0.2) is 122 Å². The highest BCUT2D eigenvalue weighted by Crippen LogP contribution is 2.36. The van der Waals surface area contributed by atoms with Gasteiger partial charge in [0.2, 0.25) is 11.6 Å². The van der Waals surface area contributed by atoms with E-state index in [9.17, 15) is 0 Å². The standard InChI is InChI=1S/C65H76F6O2/c1-4-7-17-25-48-27-31-50(32-28-48)52-35-37-54(58(66)45-52)56-39-41-60(64(70)62(56)68)72-43-21-15-11-9-13-19-23-47(6-3)24-20-14-10-12-16-22-44-73-61-42-40-57(63(69)65(61)71)55-38-36-53(46-59(55)67)51-33-29-49(30-34-51)26-18-8-5-2/h6,27-42,45-47H,3-5,7-26,43-44H2,1-2H3. The average molecular weight is 1000 g/mol. The van der Waals surface area contributed by atoms with Crippen LogP contribution in [0.4, 0.5) is 26.3 Å². The third-order valence-electron chi connectivity index (χ3n) is 14.1. The Hall–Kier alpha value is -5.76. The zero-order valence-electron chi connectivity index (χ0n) is 43.3. The van der Waals surface area contributed by atoms with Gasteiger partial charge < -0.3 is 9.47 Å². The molecule has 6 aromatic carbocycles. The lowest BCUT2D eigenvalue weighted by molar-refractivity contribution is 0.285. The van der Waals surface area contributed by atoms with Gasteiger partial charge in [0.1, 0.15) is 11.6 Å². The van der Waals surface area contributed by atoms with Gasteiger partial charge in [0.15, 0.2) is 23.1 Å². The fraction of sp³-hybridized carbons (Fsp3) is 0.415. The largest absolute Gasteiger partial charge is 0.490 e. The molecule has 73 heavy (non-hydrogen) atoms. The van der Waals surface area contributed by atoms with Crippen molar-refractivity contribution in [2.45, 2.75) is 155 Å². The van der Waals surface area contributed by atoms with E-state index < -0.39 is 34.9 Å². The number of ether oxygens (including phenoxy) is 2. The van der Waals surface area contributed by atoms with Crippen LogP contribution in [0.25, 0.3) is 44.5 Å². The fourth-order valence-electron chi connectivity index (χ4n) is 9.59. The van der Waals surface area contributed by atoms with E-state index in [1.54, 1.807) is 12.1 Å². The highest BCUT2D eigenvalue weighted by Gasteiger charge is 2.21. The SMILES string of the molecule is C=CC(CCCCCCCCOc1ccc(-c2ccc(-c3ccc(CCCCC)cc3)cc2F)c(F)c1F)CCCCCCCCOc1ccc(-c2ccc(-c3ccc(CCCCC)cc3)cc2F)c(F)c1F. The summed E-state index contributed by atoms with van der Waals surface area (Å²) in [5.41, 5.74) is 5.31. The number of hydrogen-bond acceptors (Lipinski definition) is 2. The van der Waals surface area contributed by atoms with Crippen molar-refractivity contribution in [1.82, 2.24) is 0 Å². The van der Waals surface area contributed by atoms with Crippen molar-refractivity contribution in [3.05, 3.63) is 168 Å². The Morgan fingerprint density at radius 1 is 0.384 bits per heavy atom. The molecular weight excluding hydrogens is 927 g/mol. The Morgan fingerprint density at radius 2 is 0.740 bits per heavy atom. The topological polar surface area (TPSA) is 18.5 Å². The van der Waals surface area contributed by atoms with Crippen LogP contribution in [0.5, 0.6) is 11.5 Å². The van der Waals surface area contributed by atoms with Gasteiger partial charge in [-0.3, -0.25) is 0 Å². The van der Waals surface area contributed by atoms with Crippen LogP contribution < -0.4 is 9.47 Å². The fourth-order valence-corrected chi connectivity index (χ4v) is 9.59. The lowest BCUT2D eigenvalue weighted by Gasteiger charge is -2.13. The number of halogens is 6. The Morgan fingerprint density at radius 3 is 1.11 bits per heavy atom. The number of hydrogen-bond donors (Lipinski definition) is 0. The maximum atomic E-state index is 15.3. The van der Waals surface area contributed by atoms with Crippen LogP contribution in [0.3, 0.4) is 0 Å². The van der Waals surface area contributed by atoms with Crippen LogP contribution in [0, 0.1) is 40.8 Å². The molecule has 0 unspecified atom stereocenters. The van der Waals surface area contributed by atoms with Gasteiger partial charge in [-0.2, -0.15) is 8.78 Å². The average Bonchev–Trinajstić information content (AvgIpc) is 3.40. The van der Waals surface area contributed by atoms with Crippen LogP contribution in [-0.4, -0.2) is 13.2 Å². The summed E-state index contributed by atoms with van der Waals surface area (Å²) < 4.78 is 102. The second kappa shape index (κ2) is 30.4. The molecule has 0 radical (unpaired) electrons. The summed E-state index contributed by atoms with van der Waals surface area (Å²) in [6.07, 6.45) is 25.3.